The molecule has 6 nitrogen and oxygen atoms in total. The van der Waals surface area contributed by atoms with Gasteiger partial charge in [0.25, 0.3) is 0 Å². The normalized spacial score (nSPS) is 11.0. The lowest BCUT2D eigenvalue weighted by Crippen LogP contribution is -2.30. The highest BCUT2D eigenvalue weighted by Crippen LogP contribution is 2.27. The smallest absolute Gasteiger partial charge is 0.305 e. The SMILES string of the molecule is O=C(NNc1nc2ccc(Cl)cc2s1)c1nc2ccccc2[nH]1. The van der Waals surface area contributed by atoms with Crippen molar-refractivity contribution in [2.24, 2.45) is 0 Å². The molecule has 0 spiro atoms. The molecule has 2 aromatic heterocycles. The molecule has 0 bridgehead atoms. The Hall–Kier alpha value is -2.64. The second kappa shape index (κ2) is 5.53. The van der Waals surface area contributed by atoms with Crippen LogP contribution in [0.5, 0.6) is 0 Å². The highest BCUT2D eigenvalue weighted by molar-refractivity contribution is 7.22. The molecule has 0 saturated carbocycles. The number of rotatable bonds is 3. The molecule has 2 heterocycles. The van der Waals surface area contributed by atoms with Crippen LogP contribution in [0.2, 0.25) is 5.02 Å². The summed E-state index contributed by atoms with van der Waals surface area (Å²) in [6.07, 6.45) is 0. The molecule has 4 aromatic rings. The largest absolute Gasteiger partial charge is 0.334 e. The predicted molar refractivity (Wildman–Crippen MR) is 91.8 cm³/mol. The number of fused-ring (bicyclic) bond motifs is 2. The van der Waals surface area contributed by atoms with Crippen molar-refractivity contribution in [2.45, 2.75) is 0 Å². The van der Waals surface area contributed by atoms with Gasteiger partial charge in [-0.2, -0.15) is 0 Å². The molecule has 0 aliphatic carbocycles. The number of nitrogens with one attached hydrogen (secondary N) is 3. The highest BCUT2D eigenvalue weighted by Gasteiger charge is 2.12. The minimum absolute atomic E-state index is 0.239. The van der Waals surface area contributed by atoms with Crippen molar-refractivity contribution >= 4 is 55.2 Å². The summed E-state index contributed by atoms with van der Waals surface area (Å²) in [5.74, 6) is -0.124. The van der Waals surface area contributed by atoms with Crippen molar-refractivity contribution in [2.75, 3.05) is 5.43 Å². The van der Waals surface area contributed by atoms with Crippen molar-refractivity contribution in [3.63, 3.8) is 0 Å². The molecule has 114 valence electrons. The van der Waals surface area contributed by atoms with Crippen molar-refractivity contribution in [1.82, 2.24) is 20.4 Å². The number of halogens is 1. The van der Waals surface area contributed by atoms with Gasteiger partial charge in [0, 0.05) is 5.02 Å². The molecular formula is C15H10ClN5OS. The molecule has 23 heavy (non-hydrogen) atoms. The van der Waals surface area contributed by atoms with E-state index in [0.717, 1.165) is 21.3 Å². The molecular weight excluding hydrogens is 334 g/mol. The first kappa shape index (κ1) is 14.0. The van der Waals surface area contributed by atoms with E-state index in [1.54, 1.807) is 6.07 Å². The Morgan fingerprint density at radius 2 is 2.00 bits per heavy atom. The van der Waals surface area contributed by atoms with E-state index < -0.39 is 0 Å². The zero-order chi connectivity index (χ0) is 15.8. The molecule has 0 saturated heterocycles. The number of hydrogen-bond acceptors (Lipinski definition) is 5. The van der Waals surface area contributed by atoms with Gasteiger partial charge in [0.15, 0.2) is 5.82 Å². The zero-order valence-electron chi connectivity index (χ0n) is 11.6. The van der Waals surface area contributed by atoms with Gasteiger partial charge < -0.3 is 4.98 Å². The molecule has 0 unspecified atom stereocenters. The van der Waals surface area contributed by atoms with Crippen molar-refractivity contribution in [1.29, 1.82) is 0 Å². The van der Waals surface area contributed by atoms with Gasteiger partial charge in [0.2, 0.25) is 5.13 Å². The van der Waals surface area contributed by atoms with Crippen LogP contribution in [0.1, 0.15) is 10.6 Å². The Kier molecular flexibility index (Phi) is 3.36. The number of aromatic amines is 1. The summed E-state index contributed by atoms with van der Waals surface area (Å²) in [5.41, 5.74) is 7.76. The number of hydrazine groups is 1. The van der Waals surface area contributed by atoms with Crippen molar-refractivity contribution in [3.8, 4) is 0 Å². The monoisotopic (exact) mass is 343 g/mol. The first-order chi connectivity index (χ1) is 11.2. The van der Waals surface area contributed by atoms with Crippen molar-refractivity contribution in [3.05, 3.63) is 53.3 Å². The van der Waals surface area contributed by atoms with Gasteiger partial charge in [0.05, 0.1) is 21.3 Å². The lowest BCUT2D eigenvalue weighted by molar-refractivity contribution is 0.0953. The maximum Gasteiger partial charge on any atom is 0.305 e. The van der Waals surface area contributed by atoms with E-state index in [9.17, 15) is 4.79 Å². The van der Waals surface area contributed by atoms with Crippen LogP contribution < -0.4 is 10.9 Å². The summed E-state index contributed by atoms with van der Waals surface area (Å²) in [6.45, 7) is 0. The Morgan fingerprint density at radius 3 is 2.87 bits per heavy atom. The topological polar surface area (TPSA) is 82.7 Å². The van der Waals surface area contributed by atoms with E-state index in [1.807, 2.05) is 36.4 Å². The molecule has 3 N–H and O–H groups in total. The van der Waals surface area contributed by atoms with Gasteiger partial charge in [-0.3, -0.25) is 15.6 Å². The van der Waals surface area contributed by atoms with Gasteiger partial charge >= 0.3 is 5.91 Å². The van der Waals surface area contributed by atoms with Crippen LogP contribution in [0.15, 0.2) is 42.5 Å². The molecule has 1 amide bonds. The van der Waals surface area contributed by atoms with Crippen LogP contribution in [-0.4, -0.2) is 20.9 Å². The summed E-state index contributed by atoms with van der Waals surface area (Å²) in [7, 11) is 0. The zero-order valence-corrected chi connectivity index (χ0v) is 13.2. The van der Waals surface area contributed by atoms with Crippen LogP contribution in [0, 0.1) is 0 Å². The maximum atomic E-state index is 12.1. The second-order valence-corrected chi connectivity index (χ2v) is 6.28. The molecule has 0 aliphatic heterocycles. The summed E-state index contributed by atoms with van der Waals surface area (Å²) in [4.78, 5) is 23.7. The summed E-state index contributed by atoms with van der Waals surface area (Å²) in [6, 6.07) is 12.9. The number of H-pyrrole nitrogens is 1. The van der Waals surface area contributed by atoms with Gasteiger partial charge in [-0.05, 0) is 30.3 Å². The number of hydrogen-bond donors (Lipinski definition) is 3. The van der Waals surface area contributed by atoms with Crippen LogP contribution in [0.3, 0.4) is 0 Å². The third-order valence-corrected chi connectivity index (χ3v) is 4.41. The summed E-state index contributed by atoms with van der Waals surface area (Å²) in [5, 5.41) is 1.23. The number of anilines is 1. The number of carbonyl (C=O) groups is 1. The minimum Gasteiger partial charge on any atom is -0.334 e. The molecule has 8 heteroatoms. The van der Waals surface area contributed by atoms with E-state index in [4.69, 9.17) is 11.6 Å². The van der Waals surface area contributed by atoms with Crippen molar-refractivity contribution < 1.29 is 4.79 Å². The first-order valence-corrected chi connectivity index (χ1v) is 7.96. The number of benzene rings is 2. The lowest BCUT2D eigenvalue weighted by atomic mass is 10.3. The Balaban J connectivity index is 1.51. The molecule has 0 aliphatic rings. The second-order valence-electron chi connectivity index (χ2n) is 4.81. The summed E-state index contributed by atoms with van der Waals surface area (Å²) < 4.78 is 0.943. The number of carbonyl (C=O) groups excluding carboxylic acids is 1. The van der Waals surface area contributed by atoms with Crippen LogP contribution >= 0.6 is 22.9 Å². The predicted octanol–water partition coefficient (Wildman–Crippen LogP) is 3.58. The van der Waals surface area contributed by atoms with Gasteiger partial charge in [0.1, 0.15) is 0 Å². The van der Waals surface area contributed by atoms with E-state index in [1.165, 1.54) is 11.3 Å². The molecule has 4 rings (SSSR count). The maximum absolute atomic E-state index is 12.1. The van der Waals surface area contributed by atoms with E-state index in [2.05, 4.69) is 25.8 Å². The third-order valence-electron chi connectivity index (χ3n) is 3.24. The Labute approximate surface area is 139 Å². The fraction of sp³-hybridized carbons (Fsp3) is 0. The number of nitrogens with zero attached hydrogens (tertiary/aromatic N) is 2. The van der Waals surface area contributed by atoms with E-state index in [0.29, 0.717) is 10.2 Å². The molecule has 0 fully saturated rings. The average molecular weight is 344 g/mol. The fourth-order valence-electron chi connectivity index (χ4n) is 2.18. The van der Waals surface area contributed by atoms with Gasteiger partial charge in [-0.15, -0.1) is 0 Å². The highest BCUT2D eigenvalue weighted by atomic mass is 35.5. The molecule has 0 radical (unpaired) electrons. The van der Waals surface area contributed by atoms with E-state index in [-0.39, 0.29) is 11.7 Å². The quantitative estimate of drug-likeness (QED) is 0.496. The molecule has 0 atom stereocenters. The minimum atomic E-state index is -0.363. The van der Waals surface area contributed by atoms with Crippen LogP contribution in [-0.2, 0) is 0 Å². The number of para-hydroxylation sites is 2. The Bertz CT molecular complexity index is 992. The fourth-order valence-corrected chi connectivity index (χ4v) is 3.28. The standard InChI is InChI=1S/C15H10ClN5OS/c16-8-5-6-11-12(7-8)23-15(19-11)21-20-14(22)13-17-9-3-1-2-4-10(9)18-13/h1-7H,(H,17,18)(H,19,21)(H,20,22). The summed E-state index contributed by atoms with van der Waals surface area (Å²) >= 11 is 7.35. The van der Waals surface area contributed by atoms with Gasteiger partial charge in [-0.25, -0.2) is 9.97 Å². The third kappa shape index (κ3) is 2.71. The van der Waals surface area contributed by atoms with Crippen LogP contribution in [0.25, 0.3) is 21.3 Å². The lowest BCUT2D eigenvalue weighted by Gasteiger charge is -2.02. The average Bonchev–Trinajstić information content (AvgIpc) is 3.15. The van der Waals surface area contributed by atoms with Gasteiger partial charge in [-0.1, -0.05) is 35.1 Å². The first-order valence-electron chi connectivity index (χ1n) is 6.76. The van der Waals surface area contributed by atoms with E-state index >= 15 is 0 Å². The number of amides is 1. The van der Waals surface area contributed by atoms with Crippen LogP contribution in [0.4, 0.5) is 5.13 Å². The number of imidazole rings is 1. The number of aromatic nitrogens is 3. The molecule has 2 aromatic carbocycles. The Morgan fingerprint density at radius 1 is 1.13 bits per heavy atom. The number of thiazole rings is 1.